The Morgan fingerprint density at radius 2 is 1.84 bits per heavy atom. The van der Waals surface area contributed by atoms with E-state index in [1.807, 2.05) is 6.07 Å². The van der Waals surface area contributed by atoms with E-state index >= 15 is 0 Å². The smallest absolute Gasteiger partial charge is 0.332 e. The van der Waals surface area contributed by atoms with E-state index in [-0.39, 0.29) is 17.9 Å². The van der Waals surface area contributed by atoms with Crippen molar-refractivity contribution in [1.29, 1.82) is 5.26 Å². The highest BCUT2D eigenvalue weighted by atomic mass is 16.3. The minimum atomic E-state index is -1.02. The molecule has 0 spiro atoms. The second-order valence-corrected chi connectivity index (χ2v) is 5.18. The van der Waals surface area contributed by atoms with E-state index in [0.717, 1.165) is 4.57 Å². The lowest BCUT2D eigenvalue weighted by Gasteiger charge is -2.28. The van der Waals surface area contributed by atoms with Crippen LogP contribution in [0.4, 0.5) is 5.82 Å². The van der Waals surface area contributed by atoms with Crippen LogP contribution in [-0.4, -0.2) is 33.4 Å². The second kappa shape index (κ2) is 4.90. The zero-order valence-electron chi connectivity index (χ0n) is 11.8. The molecule has 0 aliphatic rings. The molecule has 19 heavy (non-hydrogen) atoms. The molecule has 1 heterocycles. The molecule has 0 atom stereocenters. The van der Waals surface area contributed by atoms with Gasteiger partial charge in [0.15, 0.2) is 5.56 Å². The summed E-state index contributed by atoms with van der Waals surface area (Å²) in [7, 11) is 4.43. The van der Waals surface area contributed by atoms with Crippen molar-refractivity contribution < 1.29 is 5.11 Å². The zero-order valence-corrected chi connectivity index (χ0v) is 11.8. The summed E-state index contributed by atoms with van der Waals surface area (Å²) in [6.45, 7) is 3.39. The van der Waals surface area contributed by atoms with Crippen LogP contribution in [0.1, 0.15) is 19.4 Å². The lowest BCUT2D eigenvalue weighted by Crippen LogP contribution is -2.44. The molecule has 0 aliphatic carbocycles. The summed E-state index contributed by atoms with van der Waals surface area (Å²) in [4.78, 5) is 25.3. The highest BCUT2D eigenvalue weighted by Gasteiger charge is 2.23. The van der Waals surface area contributed by atoms with E-state index in [1.54, 1.807) is 20.9 Å². The Morgan fingerprint density at radius 3 is 2.26 bits per heavy atom. The van der Waals surface area contributed by atoms with Crippen molar-refractivity contribution in [3.05, 3.63) is 26.4 Å². The summed E-state index contributed by atoms with van der Waals surface area (Å²) in [5.74, 6) is 0.206. The van der Waals surface area contributed by atoms with E-state index in [9.17, 15) is 14.7 Å². The van der Waals surface area contributed by atoms with Crippen LogP contribution in [0.25, 0.3) is 0 Å². The molecule has 0 aliphatic heterocycles. The minimum absolute atomic E-state index is 0.114. The Morgan fingerprint density at radius 1 is 1.32 bits per heavy atom. The molecule has 104 valence electrons. The van der Waals surface area contributed by atoms with Gasteiger partial charge in [-0.1, -0.05) is 0 Å². The fourth-order valence-corrected chi connectivity index (χ4v) is 2.03. The maximum Gasteiger partial charge on any atom is 0.332 e. The Bertz CT molecular complexity index is 643. The molecule has 0 saturated carbocycles. The first-order valence-electron chi connectivity index (χ1n) is 5.73. The lowest BCUT2D eigenvalue weighted by molar-refractivity contribution is 0.0883. The first kappa shape index (κ1) is 15.0. The van der Waals surface area contributed by atoms with Gasteiger partial charge in [0.25, 0.3) is 5.56 Å². The number of hydrogen-bond donors (Lipinski definition) is 1. The molecule has 0 amide bonds. The van der Waals surface area contributed by atoms with Gasteiger partial charge in [0.1, 0.15) is 11.9 Å². The average molecular weight is 266 g/mol. The number of aliphatic hydroxyl groups is 1. The van der Waals surface area contributed by atoms with Crippen LogP contribution in [0.3, 0.4) is 0 Å². The number of aromatic nitrogens is 2. The van der Waals surface area contributed by atoms with Crippen LogP contribution < -0.4 is 16.1 Å². The highest BCUT2D eigenvalue weighted by molar-refractivity contribution is 5.53. The highest BCUT2D eigenvalue weighted by Crippen LogP contribution is 2.15. The third kappa shape index (κ3) is 2.85. The molecule has 1 aromatic heterocycles. The normalized spacial score (nSPS) is 11.2. The summed E-state index contributed by atoms with van der Waals surface area (Å²) in [6.07, 6.45) is 0. The first-order chi connectivity index (χ1) is 8.60. The quantitative estimate of drug-likeness (QED) is 0.770. The molecular formula is C12H18N4O3. The van der Waals surface area contributed by atoms with Crippen molar-refractivity contribution >= 4 is 5.82 Å². The van der Waals surface area contributed by atoms with Crippen molar-refractivity contribution in [2.75, 3.05) is 18.5 Å². The molecule has 0 unspecified atom stereocenters. The van der Waals surface area contributed by atoms with Crippen LogP contribution in [0, 0.1) is 11.3 Å². The Labute approximate surface area is 110 Å². The van der Waals surface area contributed by atoms with Crippen LogP contribution in [0.5, 0.6) is 0 Å². The number of hydrogen-bond acceptors (Lipinski definition) is 5. The van der Waals surface area contributed by atoms with E-state index in [4.69, 9.17) is 5.26 Å². The standard InChI is InChI=1S/C12H18N4O3/c1-12(2,19)7-14(3)9-8(6-13)10(17)16(5)11(18)15(9)4/h19H,7H2,1-5H3. The van der Waals surface area contributed by atoms with Crippen molar-refractivity contribution in [3.8, 4) is 6.07 Å². The van der Waals surface area contributed by atoms with Crippen LogP contribution in [0.2, 0.25) is 0 Å². The molecule has 0 radical (unpaired) electrons. The van der Waals surface area contributed by atoms with Gasteiger partial charge in [0.05, 0.1) is 5.60 Å². The molecule has 7 nitrogen and oxygen atoms in total. The van der Waals surface area contributed by atoms with Gasteiger partial charge >= 0.3 is 5.69 Å². The molecule has 1 aromatic rings. The summed E-state index contributed by atoms with van der Waals surface area (Å²) in [6, 6.07) is 1.82. The fraction of sp³-hybridized carbons (Fsp3) is 0.583. The van der Waals surface area contributed by atoms with Gasteiger partial charge in [-0.15, -0.1) is 0 Å². The number of anilines is 1. The second-order valence-electron chi connectivity index (χ2n) is 5.18. The van der Waals surface area contributed by atoms with E-state index in [2.05, 4.69) is 0 Å². The van der Waals surface area contributed by atoms with Gasteiger partial charge in [-0.3, -0.25) is 13.9 Å². The monoisotopic (exact) mass is 266 g/mol. The predicted octanol–water partition coefficient (Wildman–Crippen LogP) is -0.837. The molecule has 0 saturated heterocycles. The topological polar surface area (TPSA) is 91.3 Å². The maximum absolute atomic E-state index is 11.9. The number of likely N-dealkylation sites (N-methyl/N-ethyl adjacent to an activating group) is 1. The van der Waals surface area contributed by atoms with Gasteiger partial charge in [0, 0.05) is 27.7 Å². The molecular weight excluding hydrogens is 248 g/mol. The molecule has 0 aromatic carbocycles. The van der Waals surface area contributed by atoms with Crippen molar-refractivity contribution in [1.82, 2.24) is 9.13 Å². The van der Waals surface area contributed by atoms with Gasteiger partial charge < -0.3 is 10.0 Å². The zero-order chi connectivity index (χ0) is 15.0. The average Bonchev–Trinajstić information content (AvgIpc) is 2.28. The molecule has 0 bridgehead atoms. The summed E-state index contributed by atoms with van der Waals surface area (Å²) in [5, 5.41) is 18.9. The molecule has 1 N–H and O–H groups in total. The van der Waals surface area contributed by atoms with Gasteiger partial charge in [0.2, 0.25) is 0 Å². The molecule has 1 rings (SSSR count). The van der Waals surface area contributed by atoms with Crippen LogP contribution in [-0.2, 0) is 14.1 Å². The SMILES string of the molecule is CN(CC(C)(C)O)c1c(C#N)c(=O)n(C)c(=O)n1C. The van der Waals surface area contributed by atoms with Gasteiger partial charge in [-0.2, -0.15) is 5.26 Å². The summed E-state index contributed by atoms with van der Waals surface area (Å²) in [5.41, 5.74) is -2.28. The Hall–Kier alpha value is -2.07. The number of nitrogens with zero attached hydrogens (tertiary/aromatic N) is 4. The summed E-state index contributed by atoms with van der Waals surface area (Å²) >= 11 is 0. The Kier molecular flexibility index (Phi) is 3.86. The van der Waals surface area contributed by atoms with Crippen LogP contribution >= 0.6 is 0 Å². The van der Waals surface area contributed by atoms with Gasteiger partial charge in [-0.25, -0.2) is 4.79 Å². The third-order valence-corrected chi connectivity index (χ3v) is 2.73. The van der Waals surface area contributed by atoms with Crippen molar-refractivity contribution in [3.63, 3.8) is 0 Å². The van der Waals surface area contributed by atoms with Gasteiger partial charge in [-0.05, 0) is 13.8 Å². The van der Waals surface area contributed by atoms with E-state index in [0.29, 0.717) is 0 Å². The number of rotatable bonds is 3. The number of nitriles is 1. The summed E-state index contributed by atoms with van der Waals surface area (Å²) < 4.78 is 2.12. The molecule has 0 fully saturated rings. The Balaban J connectivity index is 3.57. The lowest BCUT2D eigenvalue weighted by atomic mass is 10.1. The first-order valence-corrected chi connectivity index (χ1v) is 5.73. The predicted molar refractivity (Wildman–Crippen MR) is 71.2 cm³/mol. The third-order valence-electron chi connectivity index (χ3n) is 2.73. The fourth-order valence-electron chi connectivity index (χ4n) is 2.03. The van der Waals surface area contributed by atoms with Crippen molar-refractivity contribution in [2.45, 2.75) is 19.4 Å². The van der Waals surface area contributed by atoms with Crippen molar-refractivity contribution in [2.24, 2.45) is 14.1 Å². The largest absolute Gasteiger partial charge is 0.389 e. The van der Waals surface area contributed by atoms with E-state index in [1.165, 1.54) is 23.6 Å². The van der Waals surface area contributed by atoms with Crippen LogP contribution in [0.15, 0.2) is 9.59 Å². The molecule has 7 heteroatoms. The minimum Gasteiger partial charge on any atom is -0.389 e. The maximum atomic E-state index is 11.9. The van der Waals surface area contributed by atoms with E-state index < -0.39 is 16.9 Å².